The van der Waals surface area contributed by atoms with Crippen LogP contribution in [-0.2, 0) is 25.6 Å². The minimum atomic E-state index is -0.496. The number of hydrogen-bond acceptors (Lipinski definition) is 6. The molecule has 9 heteroatoms. The number of carbonyl (C=O) groups excluding carboxylic acids is 2. The maximum Gasteiger partial charge on any atom is 0.241 e. The molecular weight excluding hydrogens is 430 g/mol. The molecule has 1 aliphatic carbocycles. The van der Waals surface area contributed by atoms with Crippen molar-refractivity contribution in [2.24, 2.45) is 10.9 Å². The van der Waals surface area contributed by atoms with Crippen molar-refractivity contribution in [3.8, 4) is 5.75 Å². The van der Waals surface area contributed by atoms with Crippen molar-refractivity contribution in [2.75, 3.05) is 20.4 Å². The smallest absolute Gasteiger partial charge is 0.241 e. The van der Waals surface area contributed by atoms with Crippen molar-refractivity contribution in [3.63, 3.8) is 0 Å². The molecule has 3 aliphatic rings. The second-order valence-electron chi connectivity index (χ2n) is 7.67. The highest BCUT2D eigenvalue weighted by Crippen LogP contribution is 2.31. The van der Waals surface area contributed by atoms with Crippen molar-refractivity contribution < 1.29 is 23.8 Å². The molecule has 1 saturated heterocycles. The van der Waals surface area contributed by atoms with Gasteiger partial charge in [0.25, 0.3) is 0 Å². The lowest BCUT2D eigenvalue weighted by molar-refractivity contribution is -0.128. The molecule has 0 saturated carbocycles. The Kier molecular flexibility index (Phi) is 6.84. The fraction of sp³-hybridized carbons (Fsp3) is 0.391. The van der Waals surface area contributed by atoms with Gasteiger partial charge in [0.2, 0.25) is 23.7 Å². The third-order valence-corrected chi connectivity index (χ3v) is 5.80. The summed E-state index contributed by atoms with van der Waals surface area (Å²) in [7, 11) is 1.62. The number of hydrogen-bond donors (Lipinski definition) is 1. The van der Waals surface area contributed by atoms with E-state index in [4.69, 9.17) is 26.4 Å². The average molecular weight is 456 g/mol. The molecule has 2 amide bonds. The summed E-state index contributed by atoms with van der Waals surface area (Å²) in [6.07, 6.45) is 6.18. The molecule has 0 aromatic heterocycles. The maximum atomic E-state index is 12.9. The van der Waals surface area contributed by atoms with Crippen LogP contribution in [0.4, 0.5) is 0 Å². The summed E-state index contributed by atoms with van der Waals surface area (Å²) in [4.78, 5) is 31.0. The first-order chi connectivity index (χ1) is 15.5. The van der Waals surface area contributed by atoms with Crippen molar-refractivity contribution in [2.45, 2.75) is 32.2 Å². The number of rotatable bonds is 9. The van der Waals surface area contributed by atoms with Crippen LogP contribution >= 0.6 is 12.2 Å². The van der Waals surface area contributed by atoms with Gasteiger partial charge in [-0.05, 0) is 48.8 Å². The molecule has 0 radical (unpaired) electrons. The van der Waals surface area contributed by atoms with Crippen molar-refractivity contribution in [3.05, 3.63) is 53.5 Å². The molecule has 1 fully saturated rings. The van der Waals surface area contributed by atoms with Gasteiger partial charge >= 0.3 is 0 Å². The minimum absolute atomic E-state index is 0.00170. The number of carbonyl (C=O) groups is 2. The summed E-state index contributed by atoms with van der Waals surface area (Å²) in [5.41, 5.74) is 1.58. The summed E-state index contributed by atoms with van der Waals surface area (Å²) >= 11 is 5.33. The Balaban J connectivity index is 1.19. The van der Waals surface area contributed by atoms with Crippen LogP contribution in [0.5, 0.6) is 5.75 Å². The first-order valence-electron chi connectivity index (χ1n) is 10.6. The number of ether oxygens (including phenoxy) is 3. The first-order valence-corrected chi connectivity index (χ1v) is 11.0. The number of thiocarbonyl (C=S) groups is 1. The van der Waals surface area contributed by atoms with Gasteiger partial charge in [0.15, 0.2) is 11.5 Å². The number of unbranched alkanes of at least 4 members (excludes halogenated alkanes) is 2. The van der Waals surface area contributed by atoms with Gasteiger partial charge in [0, 0.05) is 25.6 Å². The van der Waals surface area contributed by atoms with Crippen LogP contribution in [0.2, 0.25) is 0 Å². The highest BCUT2D eigenvalue weighted by molar-refractivity contribution is 7.80. The Morgan fingerprint density at radius 3 is 2.97 bits per heavy atom. The van der Waals surface area contributed by atoms with E-state index < -0.39 is 5.92 Å². The number of amides is 2. The van der Waals surface area contributed by atoms with Gasteiger partial charge in [-0.25, -0.2) is 4.99 Å². The molecule has 168 valence electrons. The minimum Gasteiger partial charge on any atom is -0.497 e. The molecule has 1 unspecified atom stereocenters. The summed E-state index contributed by atoms with van der Waals surface area (Å²) in [6.45, 7) is 1.09. The normalized spacial score (nSPS) is 19.1. The topological polar surface area (TPSA) is 89.5 Å². The Morgan fingerprint density at radius 1 is 1.28 bits per heavy atom. The van der Waals surface area contributed by atoms with Gasteiger partial charge in [-0.3, -0.25) is 14.5 Å². The Morgan fingerprint density at radius 2 is 2.12 bits per heavy atom. The van der Waals surface area contributed by atoms with Crippen LogP contribution in [-0.4, -0.2) is 48.0 Å². The lowest BCUT2D eigenvalue weighted by Crippen LogP contribution is -2.46. The monoisotopic (exact) mass is 455 g/mol. The molecular formula is C23H25N3O5S. The van der Waals surface area contributed by atoms with Crippen LogP contribution < -0.4 is 10.1 Å². The molecule has 0 spiro atoms. The molecule has 0 bridgehead atoms. The van der Waals surface area contributed by atoms with E-state index in [0.717, 1.165) is 30.6 Å². The van der Waals surface area contributed by atoms with Crippen LogP contribution in [0, 0.1) is 5.92 Å². The molecule has 8 nitrogen and oxygen atoms in total. The quantitative estimate of drug-likeness (QED) is 0.455. The van der Waals surface area contributed by atoms with E-state index in [1.807, 2.05) is 24.3 Å². The number of nitrogens with one attached hydrogen (secondary N) is 1. The summed E-state index contributed by atoms with van der Waals surface area (Å²) in [5, 5.41) is 3.19. The largest absolute Gasteiger partial charge is 0.497 e. The standard InChI is InChI=1S/C23H25N3O5S/c1-29-16-7-5-6-15(10-16)13-24-21(27)8-3-2-4-9-26-22(28)17-11-19-20(31-14-30-19)12-18(17)25-23(26)32/h5-7,10-12,17H,2-4,8-9,13-14H2,1H3,(H,24,27). The molecule has 4 rings (SSSR count). The molecule has 2 aliphatic heterocycles. The highest BCUT2D eigenvalue weighted by atomic mass is 32.1. The average Bonchev–Trinajstić information content (AvgIpc) is 3.26. The number of fused-ring (bicyclic) bond motifs is 2. The Labute approximate surface area is 191 Å². The van der Waals surface area contributed by atoms with E-state index in [0.29, 0.717) is 36.7 Å². The molecule has 1 atom stereocenters. The summed E-state index contributed by atoms with van der Waals surface area (Å²) in [5.74, 6) is 1.34. The second kappa shape index (κ2) is 9.95. The molecule has 1 aromatic carbocycles. The predicted molar refractivity (Wildman–Crippen MR) is 122 cm³/mol. The Bertz CT molecular complexity index is 1020. The Hall–Kier alpha value is -3.20. The molecule has 2 heterocycles. The lowest BCUT2D eigenvalue weighted by Gasteiger charge is -2.30. The van der Waals surface area contributed by atoms with Crippen molar-refractivity contribution >= 4 is 34.9 Å². The van der Waals surface area contributed by atoms with E-state index >= 15 is 0 Å². The third-order valence-electron chi connectivity index (χ3n) is 5.48. The van der Waals surface area contributed by atoms with E-state index in [2.05, 4.69) is 10.3 Å². The van der Waals surface area contributed by atoms with E-state index in [1.54, 1.807) is 19.3 Å². The van der Waals surface area contributed by atoms with E-state index in [9.17, 15) is 9.59 Å². The number of allylic oxidation sites excluding steroid dienone is 1. The van der Waals surface area contributed by atoms with Crippen LogP contribution in [0.3, 0.4) is 0 Å². The lowest BCUT2D eigenvalue weighted by atomic mass is 9.93. The zero-order chi connectivity index (χ0) is 22.5. The zero-order valence-electron chi connectivity index (χ0n) is 17.8. The number of aliphatic imine (C=N–C) groups is 1. The second-order valence-corrected chi connectivity index (χ2v) is 8.04. The third kappa shape index (κ3) is 4.99. The van der Waals surface area contributed by atoms with E-state index in [1.165, 1.54) is 4.90 Å². The number of methoxy groups -OCH3 is 1. The van der Waals surface area contributed by atoms with Gasteiger partial charge in [-0.1, -0.05) is 18.6 Å². The summed E-state index contributed by atoms with van der Waals surface area (Å²) in [6, 6.07) is 7.61. The zero-order valence-corrected chi connectivity index (χ0v) is 18.7. The van der Waals surface area contributed by atoms with Gasteiger partial charge in [-0.2, -0.15) is 0 Å². The maximum absolute atomic E-state index is 12.9. The number of nitrogens with zero attached hydrogens (tertiary/aromatic N) is 2. The molecule has 1 aromatic rings. The fourth-order valence-corrected chi connectivity index (χ4v) is 4.03. The van der Waals surface area contributed by atoms with Crippen LogP contribution in [0.25, 0.3) is 0 Å². The van der Waals surface area contributed by atoms with Crippen LogP contribution in [0.1, 0.15) is 31.2 Å². The molecule has 1 N–H and O–H groups in total. The van der Waals surface area contributed by atoms with Gasteiger partial charge in [0.05, 0.1) is 12.8 Å². The van der Waals surface area contributed by atoms with Crippen molar-refractivity contribution in [1.82, 2.24) is 10.2 Å². The van der Waals surface area contributed by atoms with E-state index in [-0.39, 0.29) is 23.7 Å². The molecule has 32 heavy (non-hydrogen) atoms. The SMILES string of the molecule is COc1cccc(CNC(=O)CCCCCN2C(=O)C3C=C4OCOC4=CC3=NC2=S)c1. The van der Waals surface area contributed by atoms with Gasteiger partial charge in [0.1, 0.15) is 11.7 Å². The first kappa shape index (κ1) is 22.0. The van der Waals surface area contributed by atoms with Crippen LogP contribution in [0.15, 0.2) is 52.9 Å². The number of benzene rings is 1. The predicted octanol–water partition coefficient (Wildman–Crippen LogP) is 2.84. The fourth-order valence-electron chi connectivity index (χ4n) is 3.74. The highest BCUT2D eigenvalue weighted by Gasteiger charge is 2.38. The summed E-state index contributed by atoms with van der Waals surface area (Å²) < 4.78 is 15.9. The van der Waals surface area contributed by atoms with Crippen molar-refractivity contribution in [1.29, 1.82) is 0 Å². The van der Waals surface area contributed by atoms with Gasteiger partial charge < -0.3 is 19.5 Å². The van der Waals surface area contributed by atoms with Gasteiger partial charge in [-0.15, -0.1) is 0 Å².